The van der Waals surface area contributed by atoms with E-state index in [0.29, 0.717) is 49.8 Å². The molecule has 1 atom stereocenters. The summed E-state index contributed by atoms with van der Waals surface area (Å²) in [5.74, 6) is -0.525. The van der Waals surface area contributed by atoms with Crippen molar-refractivity contribution >= 4 is 34.6 Å². The normalized spacial score (nSPS) is 16.1. The van der Waals surface area contributed by atoms with Crippen LogP contribution in [0.2, 0.25) is 0 Å². The van der Waals surface area contributed by atoms with Gasteiger partial charge in [0.1, 0.15) is 11.6 Å². The molecule has 0 spiro atoms. The fourth-order valence-electron chi connectivity index (χ4n) is 3.81. The number of pyridine rings is 1. The largest absolute Gasteiger partial charge is 0.369 e. The topological polar surface area (TPSA) is 118 Å². The van der Waals surface area contributed by atoms with Gasteiger partial charge in [0.25, 0.3) is 0 Å². The lowest BCUT2D eigenvalue weighted by Gasteiger charge is -2.33. The van der Waals surface area contributed by atoms with Gasteiger partial charge in [-0.05, 0) is 51.0 Å². The highest BCUT2D eigenvalue weighted by Crippen LogP contribution is 2.31. The van der Waals surface area contributed by atoms with Crippen LogP contribution >= 0.6 is 0 Å². The summed E-state index contributed by atoms with van der Waals surface area (Å²) in [5, 5.41) is 14.3. The van der Waals surface area contributed by atoms with Gasteiger partial charge in [0, 0.05) is 37.9 Å². The Labute approximate surface area is 180 Å². The zero-order chi connectivity index (χ0) is 22.5. The summed E-state index contributed by atoms with van der Waals surface area (Å²) in [5.41, 5.74) is 5.93. The first kappa shape index (κ1) is 22.3. The molecule has 1 fully saturated rings. The number of nitrogens with zero attached hydrogens (tertiary/aromatic N) is 4. The number of anilines is 4. The molecule has 3 N–H and O–H groups in total. The maximum atomic E-state index is 14.9. The number of hydrogen-bond donors (Lipinski definition) is 2. The predicted molar refractivity (Wildman–Crippen MR) is 118 cm³/mol. The maximum Gasteiger partial charge on any atom is 0.311 e. The summed E-state index contributed by atoms with van der Waals surface area (Å²) in [6, 6.07) is 7.51. The van der Waals surface area contributed by atoms with Gasteiger partial charge >= 0.3 is 5.69 Å². The summed E-state index contributed by atoms with van der Waals surface area (Å²) >= 11 is 0. The Balaban J connectivity index is 1.86. The number of rotatable bonds is 8. The third-order valence-corrected chi connectivity index (χ3v) is 5.52. The maximum absolute atomic E-state index is 14.9. The minimum atomic E-state index is -0.524. The minimum absolute atomic E-state index is 0.0494. The van der Waals surface area contributed by atoms with E-state index in [0.717, 1.165) is 6.42 Å². The van der Waals surface area contributed by atoms with E-state index >= 15 is 0 Å². The summed E-state index contributed by atoms with van der Waals surface area (Å²) < 4.78 is 14.9. The van der Waals surface area contributed by atoms with Gasteiger partial charge < -0.3 is 20.9 Å². The van der Waals surface area contributed by atoms with Crippen LogP contribution in [0.1, 0.15) is 26.7 Å². The van der Waals surface area contributed by atoms with Gasteiger partial charge in [0.05, 0.1) is 16.5 Å². The van der Waals surface area contributed by atoms with Crippen LogP contribution in [0.15, 0.2) is 30.3 Å². The number of halogens is 1. The van der Waals surface area contributed by atoms with Crippen LogP contribution in [0.25, 0.3) is 0 Å². The zero-order valence-electron chi connectivity index (χ0n) is 17.7. The Morgan fingerprint density at radius 3 is 2.71 bits per heavy atom. The molecule has 9 nitrogen and oxygen atoms in total. The quantitative estimate of drug-likeness (QED) is 0.487. The van der Waals surface area contributed by atoms with Crippen molar-refractivity contribution in [2.24, 2.45) is 11.7 Å². The fourth-order valence-corrected chi connectivity index (χ4v) is 3.81. The van der Waals surface area contributed by atoms with Crippen molar-refractivity contribution in [2.75, 3.05) is 41.3 Å². The lowest BCUT2D eigenvalue weighted by Crippen LogP contribution is -2.41. The first-order valence-corrected chi connectivity index (χ1v) is 10.3. The first-order chi connectivity index (χ1) is 14.8. The van der Waals surface area contributed by atoms with Crippen LogP contribution in [0.5, 0.6) is 0 Å². The highest BCUT2D eigenvalue weighted by Gasteiger charge is 2.26. The van der Waals surface area contributed by atoms with Gasteiger partial charge in [-0.15, -0.1) is 0 Å². The monoisotopic (exact) mass is 430 g/mol. The molecule has 2 aromatic rings. The zero-order valence-corrected chi connectivity index (χ0v) is 17.7. The van der Waals surface area contributed by atoms with Gasteiger partial charge in [-0.25, -0.2) is 9.37 Å². The van der Waals surface area contributed by atoms with Crippen LogP contribution in [-0.2, 0) is 4.79 Å². The molecule has 166 valence electrons. The fraction of sp³-hybridized carbons (Fsp3) is 0.429. The number of carbonyl (C=O) groups excluding carboxylic acids is 1. The van der Waals surface area contributed by atoms with Crippen molar-refractivity contribution in [3.05, 3.63) is 46.3 Å². The van der Waals surface area contributed by atoms with E-state index in [1.165, 1.54) is 12.1 Å². The highest BCUT2D eigenvalue weighted by atomic mass is 19.1. The Morgan fingerprint density at radius 1 is 1.35 bits per heavy atom. The molecule has 0 aliphatic carbocycles. The van der Waals surface area contributed by atoms with Crippen LogP contribution in [0.3, 0.4) is 0 Å². The number of nitrogens with one attached hydrogen (secondary N) is 1. The molecule has 1 unspecified atom stereocenters. The molecule has 1 saturated heterocycles. The number of nitro groups is 1. The number of primary amides is 1. The Morgan fingerprint density at radius 2 is 2.10 bits per heavy atom. The number of nitrogens with two attached hydrogens (primary N) is 1. The third-order valence-electron chi connectivity index (χ3n) is 5.52. The molecule has 2 heterocycles. The van der Waals surface area contributed by atoms with Gasteiger partial charge in [0.15, 0.2) is 0 Å². The molecular formula is C21H27FN6O3. The molecular weight excluding hydrogens is 403 g/mol. The number of amides is 1. The lowest BCUT2D eigenvalue weighted by molar-refractivity contribution is -0.384. The van der Waals surface area contributed by atoms with Crippen LogP contribution < -0.4 is 20.9 Å². The summed E-state index contributed by atoms with van der Waals surface area (Å²) in [4.78, 5) is 30.6. The highest BCUT2D eigenvalue weighted by molar-refractivity contribution is 5.78. The summed E-state index contributed by atoms with van der Waals surface area (Å²) in [6.07, 6.45) is 1.45. The van der Waals surface area contributed by atoms with Gasteiger partial charge in [-0.2, -0.15) is 0 Å². The molecule has 1 amide bonds. The van der Waals surface area contributed by atoms with Gasteiger partial charge in [-0.1, -0.05) is 0 Å². The van der Waals surface area contributed by atoms with E-state index in [9.17, 15) is 19.3 Å². The Kier molecular flexibility index (Phi) is 6.88. The van der Waals surface area contributed by atoms with Crippen molar-refractivity contribution in [1.82, 2.24) is 4.98 Å². The molecule has 3 rings (SSSR count). The van der Waals surface area contributed by atoms with E-state index in [1.54, 1.807) is 23.1 Å². The third kappa shape index (κ3) is 5.01. The molecule has 1 aliphatic rings. The van der Waals surface area contributed by atoms with E-state index in [4.69, 9.17) is 5.73 Å². The van der Waals surface area contributed by atoms with Crippen molar-refractivity contribution in [3.8, 4) is 0 Å². The lowest BCUT2D eigenvalue weighted by atomic mass is 9.97. The van der Waals surface area contributed by atoms with Gasteiger partial charge in [-0.3, -0.25) is 14.9 Å². The molecule has 1 aromatic carbocycles. The van der Waals surface area contributed by atoms with Crippen LogP contribution in [0.4, 0.5) is 33.1 Å². The standard InChI is InChI=1S/C21H27FN6O3/c1-3-26(4-2)19-10-9-18(28(30)31)21(25-19)24-15-7-8-17(16(22)12-15)27-11-5-6-14(13-27)20(23)29/h7-10,12,14H,3-6,11,13H2,1-2H3,(H2,23,29)(H,24,25). The van der Waals surface area contributed by atoms with Gasteiger partial charge in [0.2, 0.25) is 11.7 Å². The van der Waals surface area contributed by atoms with Crippen molar-refractivity contribution in [1.29, 1.82) is 0 Å². The predicted octanol–water partition coefficient (Wildman–Crippen LogP) is 3.42. The van der Waals surface area contributed by atoms with E-state index in [-0.39, 0.29) is 23.3 Å². The van der Waals surface area contributed by atoms with E-state index in [1.807, 2.05) is 18.7 Å². The molecule has 1 aromatic heterocycles. The Bertz CT molecular complexity index is 966. The SMILES string of the molecule is CCN(CC)c1ccc([N+](=O)[O-])c(Nc2ccc(N3CCCC(C(N)=O)C3)c(F)c2)n1. The molecule has 0 saturated carbocycles. The smallest absolute Gasteiger partial charge is 0.311 e. The number of piperidine rings is 1. The average Bonchev–Trinajstić information content (AvgIpc) is 2.75. The molecule has 1 aliphatic heterocycles. The Hall–Kier alpha value is -3.43. The van der Waals surface area contributed by atoms with Crippen LogP contribution in [0, 0.1) is 21.8 Å². The molecule has 0 bridgehead atoms. The minimum Gasteiger partial charge on any atom is -0.369 e. The summed E-state index contributed by atoms with van der Waals surface area (Å²) in [6.45, 7) is 6.34. The van der Waals surface area contributed by atoms with Crippen LogP contribution in [-0.4, -0.2) is 42.0 Å². The first-order valence-electron chi connectivity index (χ1n) is 10.3. The average molecular weight is 430 g/mol. The van der Waals surface area contributed by atoms with E-state index < -0.39 is 10.7 Å². The second-order valence-corrected chi connectivity index (χ2v) is 7.45. The van der Waals surface area contributed by atoms with E-state index in [2.05, 4.69) is 10.3 Å². The number of benzene rings is 1. The number of carbonyl (C=O) groups is 1. The number of aromatic nitrogens is 1. The van der Waals surface area contributed by atoms with Crippen molar-refractivity contribution in [2.45, 2.75) is 26.7 Å². The second-order valence-electron chi connectivity index (χ2n) is 7.45. The van der Waals surface area contributed by atoms with Crippen molar-refractivity contribution in [3.63, 3.8) is 0 Å². The molecule has 31 heavy (non-hydrogen) atoms. The molecule has 0 radical (unpaired) electrons. The number of hydrogen-bond acceptors (Lipinski definition) is 7. The summed E-state index contributed by atoms with van der Waals surface area (Å²) in [7, 11) is 0. The second kappa shape index (κ2) is 9.59. The van der Waals surface area contributed by atoms with Crippen molar-refractivity contribution < 1.29 is 14.1 Å². The molecule has 10 heteroatoms.